The Balaban J connectivity index is 0.00000363. The molecule has 32 heavy (non-hydrogen) atoms. The van der Waals surface area contributed by atoms with Crippen LogP contribution in [0.4, 0.5) is 5.82 Å². The van der Waals surface area contributed by atoms with Crippen LogP contribution in [-0.2, 0) is 10.0 Å². The Kier molecular flexibility index (Phi) is 11.7. The third-order valence-electron chi connectivity index (χ3n) is 5.69. The molecule has 0 atom stereocenters. The molecule has 2 heterocycles. The average molecular weight is 577 g/mol. The van der Waals surface area contributed by atoms with Gasteiger partial charge < -0.3 is 15.5 Å². The summed E-state index contributed by atoms with van der Waals surface area (Å²) in [6, 6.07) is 5.79. The number of piperazine rings is 1. The van der Waals surface area contributed by atoms with E-state index in [0.29, 0.717) is 32.1 Å². The lowest BCUT2D eigenvalue weighted by atomic mass is 9.97. The average Bonchev–Trinajstić information content (AvgIpc) is 2.80. The monoisotopic (exact) mass is 576 g/mol. The highest BCUT2D eigenvalue weighted by molar-refractivity contribution is 14.0. The molecule has 1 fully saturated rings. The zero-order valence-electron chi connectivity index (χ0n) is 19.0. The molecule has 3 rings (SSSR count). The first-order valence-corrected chi connectivity index (χ1v) is 13.0. The van der Waals surface area contributed by atoms with Crippen molar-refractivity contribution in [3.05, 3.63) is 36.0 Å². The molecule has 1 aromatic heterocycles. The second-order valence-electron chi connectivity index (χ2n) is 7.94. The number of sulfonamides is 1. The number of pyridine rings is 1. The fourth-order valence-electron chi connectivity index (χ4n) is 3.95. The summed E-state index contributed by atoms with van der Waals surface area (Å²) in [5, 5.41) is 6.54. The van der Waals surface area contributed by atoms with Crippen LogP contribution < -0.4 is 15.5 Å². The maximum atomic E-state index is 12.8. The van der Waals surface area contributed by atoms with Crippen LogP contribution in [-0.4, -0.2) is 75.2 Å². The number of nitrogens with zero attached hydrogens (tertiary/aromatic N) is 4. The number of guanidine groups is 1. The summed E-state index contributed by atoms with van der Waals surface area (Å²) < 4.78 is 27.1. The zero-order valence-corrected chi connectivity index (χ0v) is 22.1. The summed E-state index contributed by atoms with van der Waals surface area (Å²) in [6.45, 7) is 6.10. The van der Waals surface area contributed by atoms with Crippen molar-refractivity contribution in [3.8, 4) is 0 Å². The Morgan fingerprint density at radius 2 is 1.97 bits per heavy atom. The number of aliphatic imine (C=N–C) groups is 1. The minimum absolute atomic E-state index is 0. The Bertz CT molecular complexity index is 839. The molecular formula is C22H37IN6O2S. The predicted molar refractivity (Wildman–Crippen MR) is 142 cm³/mol. The van der Waals surface area contributed by atoms with Crippen LogP contribution in [0.3, 0.4) is 0 Å². The molecule has 2 N–H and O–H groups in total. The first kappa shape index (κ1) is 26.8. The number of anilines is 1. The molecule has 1 aliphatic heterocycles. The van der Waals surface area contributed by atoms with E-state index in [1.807, 2.05) is 25.1 Å². The molecule has 2 aliphatic rings. The third kappa shape index (κ3) is 8.51. The van der Waals surface area contributed by atoms with Crippen molar-refractivity contribution in [3.63, 3.8) is 0 Å². The summed E-state index contributed by atoms with van der Waals surface area (Å²) in [5.74, 6) is 1.61. The number of nitrogens with one attached hydrogen (secondary N) is 2. The van der Waals surface area contributed by atoms with Crippen molar-refractivity contribution in [2.75, 3.05) is 56.5 Å². The highest BCUT2D eigenvalue weighted by atomic mass is 127. The molecule has 180 valence electrons. The molecule has 8 nitrogen and oxygen atoms in total. The van der Waals surface area contributed by atoms with Gasteiger partial charge in [-0.15, -0.1) is 24.0 Å². The molecule has 0 aromatic carbocycles. The third-order valence-corrected chi connectivity index (χ3v) is 7.54. The molecule has 10 heteroatoms. The van der Waals surface area contributed by atoms with E-state index in [1.54, 1.807) is 10.5 Å². The lowest BCUT2D eigenvalue weighted by Gasteiger charge is -2.34. The first-order chi connectivity index (χ1) is 15.1. The number of aromatic nitrogens is 1. The predicted octanol–water partition coefficient (Wildman–Crippen LogP) is 2.60. The quantitative estimate of drug-likeness (QED) is 0.203. The molecule has 0 saturated carbocycles. The molecule has 0 spiro atoms. The zero-order chi connectivity index (χ0) is 21.9. The number of hydrogen-bond donors (Lipinski definition) is 2. The van der Waals surface area contributed by atoms with E-state index in [2.05, 4.69) is 31.6 Å². The van der Waals surface area contributed by atoms with Gasteiger partial charge in [-0.25, -0.2) is 13.4 Å². The molecule has 0 bridgehead atoms. The summed E-state index contributed by atoms with van der Waals surface area (Å²) in [7, 11) is -3.32. The summed E-state index contributed by atoms with van der Waals surface area (Å²) in [6.07, 6.45) is 10.1. The highest BCUT2D eigenvalue weighted by Gasteiger charge is 2.27. The minimum Gasteiger partial charge on any atom is -0.357 e. The van der Waals surface area contributed by atoms with Gasteiger partial charge >= 0.3 is 0 Å². The van der Waals surface area contributed by atoms with Gasteiger partial charge in [0.05, 0.1) is 12.3 Å². The summed E-state index contributed by atoms with van der Waals surface area (Å²) in [4.78, 5) is 11.0. The Morgan fingerprint density at radius 1 is 1.16 bits per heavy atom. The van der Waals surface area contributed by atoms with E-state index in [1.165, 1.54) is 31.3 Å². The smallest absolute Gasteiger partial charge is 0.216 e. The Labute approximate surface area is 210 Å². The number of hydrogen-bond acceptors (Lipinski definition) is 5. The second-order valence-corrected chi connectivity index (χ2v) is 10.0. The van der Waals surface area contributed by atoms with Gasteiger partial charge in [0.25, 0.3) is 0 Å². The normalized spacial score (nSPS) is 18.0. The van der Waals surface area contributed by atoms with Gasteiger partial charge in [-0.05, 0) is 51.2 Å². The molecule has 0 amide bonds. The lowest BCUT2D eigenvalue weighted by Crippen LogP contribution is -2.49. The summed E-state index contributed by atoms with van der Waals surface area (Å²) in [5.41, 5.74) is 1.52. The molecule has 0 unspecified atom stereocenters. The van der Waals surface area contributed by atoms with Crippen LogP contribution in [0.5, 0.6) is 0 Å². The van der Waals surface area contributed by atoms with E-state index in [4.69, 9.17) is 0 Å². The SMILES string of the molecule is CCNC(=NCCS(=O)(=O)N1CCN(c2ccccn2)CC1)NCCC1=CCCCC1.I. The molecular weight excluding hydrogens is 539 g/mol. The second kappa shape index (κ2) is 14.0. The van der Waals surface area contributed by atoms with Crippen molar-refractivity contribution in [2.24, 2.45) is 4.99 Å². The summed E-state index contributed by atoms with van der Waals surface area (Å²) >= 11 is 0. The van der Waals surface area contributed by atoms with Gasteiger partial charge in [-0.2, -0.15) is 4.31 Å². The van der Waals surface area contributed by atoms with Crippen LogP contribution in [0, 0.1) is 0 Å². The van der Waals surface area contributed by atoms with E-state index < -0.39 is 10.0 Å². The topological polar surface area (TPSA) is 89.9 Å². The van der Waals surface area contributed by atoms with E-state index in [9.17, 15) is 8.42 Å². The Morgan fingerprint density at radius 3 is 2.62 bits per heavy atom. The van der Waals surface area contributed by atoms with Crippen LogP contribution in [0.2, 0.25) is 0 Å². The largest absolute Gasteiger partial charge is 0.357 e. The van der Waals surface area contributed by atoms with Crippen molar-refractivity contribution >= 4 is 45.8 Å². The molecule has 1 aliphatic carbocycles. The van der Waals surface area contributed by atoms with Crippen molar-refractivity contribution in [2.45, 2.75) is 39.0 Å². The number of rotatable bonds is 9. The van der Waals surface area contributed by atoms with Crippen LogP contribution in [0.15, 0.2) is 41.0 Å². The highest BCUT2D eigenvalue weighted by Crippen LogP contribution is 2.19. The first-order valence-electron chi connectivity index (χ1n) is 11.4. The number of halogens is 1. The minimum atomic E-state index is -3.32. The van der Waals surface area contributed by atoms with E-state index >= 15 is 0 Å². The van der Waals surface area contributed by atoms with Crippen molar-refractivity contribution < 1.29 is 8.42 Å². The number of allylic oxidation sites excluding steroid dienone is 1. The van der Waals surface area contributed by atoms with E-state index in [-0.39, 0.29) is 36.3 Å². The fourth-order valence-corrected chi connectivity index (χ4v) is 5.25. The van der Waals surface area contributed by atoms with Gasteiger partial charge in [0.1, 0.15) is 5.82 Å². The lowest BCUT2D eigenvalue weighted by molar-refractivity contribution is 0.384. The van der Waals surface area contributed by atoms with Gasteiger partial charge in [0, 0.05) is 45.5 Å². The van der Waals surface area contributed by atoms with Crippen LogP contribution in [0.1, 0.15) is 39.0 Å². The van der Waals surface area contributed by atoms with Crippen molar-refractivity contribution in [1.82, 2.24) is 19.9 Å². The van der Waals surface area contributed by atoms with E-state index in [0.717, 1.165) is 25.3 Å². The van der Waals surface area contributed by atoms with Crippen LogP contribution >= 0.6 is 24.0 Å². The molecule has 1 saturated heterocycles. The fraction of sp³-hybridized carbons (Fsp3) is 0.636. The van der Waals surface area contributed by atoms with Gasteiger partial charge in [-0.1, -0.05) is 17.7 Å². The van der Waals surface area contributed by atoms with Gasteiger partial charge in [-0.3, -0.25) is 4.99 Å². The maximum absolute atomic E-state index is 12.8. The molecule has 0 radical (unpaired) electrons. The van der Waals surface area contributed by atoms with Crippen LogP contribution in [0.25, 0.3) is 0 Å². The Hall–Kier alpha value is -1.40. The van der Waals surface area contributed by atoms with Gasteiger partial charge in [0.2, 0.25) is 10.0 Å². The maximum Gasteiger partial charge on any atom is 0.216 e. The molecule has 1 aromatic rings. The standard InChI is InChI=1S/C22H36N6O2S.HI/c1-2-23-22(25-13-11-20-8-4-3-5-9-20)26-14-19-31(29,30)28-17-15-27(16-18-28)21-10-6-7-12-24-21;/h6-8,10,12H,2-5,9,11,13-19H2,1H3,(H2,23,25,26);1H. The van der Waals surface area contributed by atoms with Gasteiger partial charge in [0.15, 0.2) is 5.96 Å². The van der Waals surface area contributed by atoms with Crippen molar-refractivity contribution in [1.29, 1.82) is 0 Å².